The Labute approximate surface area is 161 Å². The number of anilines is 3. The van der Waals surface area contributed by atoms with Gasteiger partial charge in [0.25, 0.3) is 5.91 Å². The smallest absolute Gasteiger partial charge is 0.252 e. The summed E-state index contributed by atoms with van der Waals surface area (Å²) in [5, 5.41) is 23.6. The fraction of sp³-hybridized carbons (Fsp3) is 0.167. The van der Waals surface area contributed by atoms with Crippen LogP contribution in [-0.2, 0) is 0 Å². The minimum absolute atomic E-state index is 0.102. The molecule has 3 rings (SSSR count). The van der Waals surface area contributed by atoms with Crippen LogP contribution < -0.4 is 22.1 Å². The zero-order chi connectivity index (χ0) is 20.1. The monoisotopic (exact) mass is 377 g/mol. The maximum Gasteiger partial charge on any atom is 0.252 e. The molecule has 1 atom stereocenters. The van der Waals surface area contributed by atoms with Gasteiger partial charge in [0, 0.05) is 18.3 Å². The Morgan fingerprint density at radius 3 is 2.68 bits per heavy atom. The molecule has 0 saturated carbocycles. The number of pyridine rings is 1. The third-order valence-electron chi connectivity index (χ3n) is 3.76. The third-order valence-corrected chi connectivity index (χ3v) is 3.76. The molecule has 2 heterocycles. The second-order valence-corrected chi connectivity index (χ2v) is 6.11. The quantitative estimate of drug-likeness (QED) is 0.476. The second kappa shape index (κ2) is 8.15. The summed E-state index contributed by atoms with van der Waals surface area (Å²) in [4.78, 5) is 17.7. The normalized spacial score (nSPS) is 11.5. The Morgan fingerprint density at radius 1 is 1.29 bits per heavy atom. The molecule has 0 aliphatic rings. The van der Waals surface area contributed by atoms with Crippen molar-refractivity contribution in [2.75, 3.05) is 17.2 Å². The number of rotatable bonds is 7. The summed E-state index contributed by atoms with van der Waals surface area (Å²) >= 11 is 0. The molecular formula is C18H19N9O. The molecule has 10 heteroatoms. The Bertz CT molecular complexity index is 1020. The van der Waals surface area contributed by atoms with Crippen LogP contribution in [-0.4, -0.2) is 38.5 Å². The van der Waals surface area contributed by atoms with E-state index >= 15 is 0 Å². The number of nitriles is 1. The summed E-state index contributed by atoms with van der Waals surface area (Å²) in [6, 6.07) is 10.5. The van der Waals surface area contributed by atoms with Gasteiger partial charge in [-0.3, -0.25) is 4.79 Å². The number of amides is 1. The number of aromatic nitrogens is 4. The van der Waals surface area contributed by atoms with E-state index in [4.69, 9.17) is 11.5 Å². The van der Waals surface area contributed by atoms with Crippen LogP contribution in [0.3, 0.4) is 0 Å². The van der Waals surface area contributed by atoms with Gasteiger partial charge in [0.15, 0.2) is 0 Å². The molecule has 3 aromatic rings. The lowest BCUT2D eigenvalue weighted by Crippen LogP contribution is -2.26. The highest BCUT2D eigenvalue weighted by Crippen LogP contribution is 2.25. The number of hydrogen-bond donors (Lipinski definition) is 4. The maximum atomic E-state index is 11.9. The molecular weight excluding hydrogens is 358 g/mol. The van der Waals surface area contributed by atoms with Crippen molar-refractivity contribution in [3.8, 4) is 11.8 Å². The number of carbonyl (C=O) groups is 1. The van der Waals surface area contributed by atoms with Crippen molar-refractivity contribution >= 4 is 23.2 Å². The van der Waals surface area contributed by atoms with E-state index in [0.717, 1.165) is 5.69 Å². The molecule has 142 valence electrons. The van der Waals surface area contributed by atoms with Crippen molar-refractivity contribution in [1.29, 1.82) is 5.26 Å². The van der Waals surface area contributed by atoms with Crippen molar-refractivity contribution in [3.63, 3.8) is 0 Å². The average Bonchev–Trinajstić information content (AvgIpc) is 3.21. The Hall–Kier alpha value is -3.97. The first kappa shape index (κ1) is 18.8. The van der Waals surface area contributed by atoms with E-state index in [0.29, 0.717) is 18.1 Å². The number of nitrogens with two attached hydrogens (primary N) is 2. The standard InChI is InChI=1S/C18H19N9O/c1-11(20)10-22-17-12(9-19)7-15(16(21)28)18(26-17)25-13-3-2-4-14(8-13)27-23-5-6-24-27/h2-8,11H,10,20H2,1H3,(H2,21,28)(H2,22,25,26)/t11-/m0/s1. The van der Waals surface area contributed by atoms with Gasteiger partial charge in [-0.2, -0.15) is 20.3 Å². The number of hydrogen-bond acceptors (Lipinski definition) is 8. The van der Waals surface area contributed by atoms with Gasteiger partial charge in [0.05, 0.1) is 29.2 Å². The lowest BCUT2D eigenvalue weighted by molar-refractivity contribution is 0.100. The summed E-state index contributed by atoms with van der Waals surface area (Å²) < 4.78 is 0. The van der Waals surface area contributed by atoms with Gasteiger partial charge in [-0.1, -0.05) is 6.07 Å². The molecule has 6 N–H and O–H groups in total. The van der Waals surface area contributed by atoms with Gasteiger partial charge in [-0.25, -0.2) is 4.98 Å². The van der Waals surface area contributed by atoms with E-state index < -0.39 is 5.91 Å². The van der Waals surface area contributed by atoms with Gasteiger partial charge in [0.1, 0.15) is 17.7 Å². The summed E-state index contributed by atoms with van der Waals surface area (Å²) in [6.07, 6.45) is 3.15. The zero-order valence-electron chi connectivity index (χ0n) is 15.1. The maximum absolute atomic E-state index is 11.9. The number of benzene rings is 1. The lowest BCUT2D eigenvalue weighted by Gasteiger charge is -2.15. The van der Waals surface area contributed by atoms with Crippen molar-refractivity contribution in [2.45, 2.75) is 13.0 Å². The summed E-state index contributed by atoms with van der Waals surface area (Å²) in [6.45, 7) is 2.24. The van der Waals surface area contributed by atoms with E-state index in [-0.39, 0.29) is 23.0 Å². The Morgan fingerprint density at radius 2 is 2.04 bits per heavy atom. The second-order valence-electron chi connectivity index (χ2n) is 6.11. The lowest BCUT2D eigenvalue weighted by atomic mass is 10.1. The van der Waals surface area contributed by atoms with Crippen LogP contribution in [0.25, 0.3) is 5.69 Å². The molecule has 10 nitrogen and oxygen atoms in total. The van der Waals surface area contributed by atoms with E-state index in [2.05, 4.69) is 25.8 Å². The number of nitrogens with zero attached hydrogens (tertiary/aromatic N) is 5. The first-order valence-corrected chi connectivity index (χ1v) is 8.46. The van der Waals surface area contributed by atoms with Crippen molar-refractivity contribution < 1.29 is 4.79 Å². The van der Waals surface area contributed by atoms with E-state index in [1.807, 2.05) is 25.1 Å². The van der Waals surface area contributed by atoms with Crippen LogP contribution in [0, 0.1) is 11.3 Å². The molecule has 1 aromatic carbocycles. The highest BCUT2D eigenvalue weighted by atomic mass is 16.1. The largest absolute Gasteiger partial charge is 0.367 e. The highest BCUT2D eigenvalue weighted by molar-refractivity contribution is 5.99. The molecule has 0 aliphatic carbocycles. The van der Waals surface area contributed by atoms with Crippen LogP contribution in [0.5, 0.6) is 0 Å². The third kappa shape index (κ3) is 4.22. The van der Waals surface area contributed by atoms with E-state index in [1.165, 1.54) is 10.9 Å². The molecule has 2 aromatic heterocycles. The molecule has 0 fully saturated rings. The topological polar surface area (TPSA) is 161 Å². The molecule has 0 unspecified atom stereocenters. The number of primary amides is 1. The summed E-state index contributed by atoms with van der Waals surface area (Å²) in [7, 11) is 0. The summed E-state index contributed by atoms with van der Waals surface area (Å²) in [5.41, 5.74) is 12.9. The van der Waals surface area contributed by atoms with Crippen LogP contribution >= 0.6 is 0 Å². The van der Waals surface area contributed by atoms with Gasteiger partial charge < -0.3 is 22.1 Å². The predicted octanol–water partition coefficient (Wildman–Crippen LogP) is 1.14. The molecule has 0 saturated heterocycles. The SMILES string of the molecule is C[C@H](N)CNc1nc(Nc2cccc(-n3nccn3)c2)c(C(N)=O)cc1C#N. The van der Waals surface area contributed by atoms with Gasteiger partial charge in [-0.15, -0.1) is 0 Å². The molecule has 1 amide bonds. The Balaban J connectivity index is 1.98. The fourth-order valence-corrected chi connectivity index (χ4v) is 2.47. The zero-order valence-corrected chi connectivity index (χ0v) is 15.1. The minimum atomic E-state index is -0.699. The molecule has 0 spiro atoms. The Kier molecular flexibility index (Phi) is 5.48. The van der Waals surface area contributed by atoms with Crippen molar-refractivity contribution in [2.24, 2.45) is 11.5 Å². The molecule has 0 bridgehead atoms. The van der Waals surface area contributed by atoms with E-state index in [1.54, 1.807) is 24.5 Å². The number of nitrogens with one attached hydrogen (secondary N) is 2. The van der Waals surface area contributed by atoms with Gasteiger partial charge >= 0.3 is 0 Å². The van der Waals surface area contributed by atoms with Crippen LogP contribution in [0.4, 0.5) is 17.3 Å². The van der Waals surface area contributed by atoms with Gasteiger partial charge in [-0.05, 0) is 31.2 Å². The van der Waals surface area contributed by atoms with Crippen molar-refractivity contribution in [3.05, 3.63) is 53.9 Å². The average molecular weight is 377 g/mol. The molecule has 0 aliphatic heterocycles. The minimum Gasteiger partial charge on any atom is -0.367 e. The summed E-state index contributed by atoms with van der Waals surface area (Å²) in [5.74, 6) is -0.156. The first-order chi connectivity index (χ1) is 13.5. The van der Waals surface area contributed by atoms with Crippen LogP contribution in [0.15, 0.2) is 42.7 Å². The first-order valence-electron chi connectivity index (χ1n) is 8.46. The molecule has 0 radical (unpaired) electrons. The highest BCUT2D eigenvalue weighted by Gasteiger charge is 2.16. The molecule has 28 heavy (non-hydrogen) atoms. The van der Waals surface area contributed by atoms with Crippen LogP contribution in [0.1, 0.15) is 22.8 Å². The van der Waals surface area contributed by atoms with Crippen LogP contribution in [0.2, 0.25) is 0 Å². The van der Waals surface area contributed by atoms with E-state index in [9.17, 15) is 10.1 Å². The van der Waals surface area contributed by atoms with Gasteiger partial charge in [0.2, 0.25) is 0 Å². The van der Waals surface area contributed by atoms with Crippen molar-refractivity contribution in [1.82, 2.24) is 20.0 Å². The fourth-order valence-electron chi connectivity index (χ4n) is 2.47. The predicted molar refractivity (Wildman–Crippen MR) is 104 cm³/mol. The number of carbonyl (C=O) groups excluding carboxylic acids is 1.